The number of carbonyl (C=O) groups excluding carboxylic acids is 1. The number of amides is 1. The van der Waals surface area contributed by atoms with Crippen molar-refractivity contribution >= 4 is 23.4 Å². The lowest BCUT2D eigenvalue weighted by Gasteiger charge is -2.34. The summed E-state index contributed by atoms with van der Waals surface area (Å²) in [6, 6.07) is 9.76. The Hall–Kier alpha value is -1.51. The molecule has 22 heavy (non-hydrogen) atoms. The maximum absolute atomic E-state index is 12.3. The van der Waals surface area contributed by atoms with Gasteiger partial charge in [0.25, 0.3) is 0 Å². The van der Waals surface area contributed by atoms with Crippen LogP contribution in [0, 0.1) is 23.2 Å². The van der Waals surface area contributed by atoms with Crippen molar-refractivity contribution in [1.82, 2.24) is 4.90 Å². The van der Waals surface area contributed by atoms with Crippen LogP contribution in [0.2, 0.25) is 0 Å². The summed E-state index contributed by atoms with van der Waals surface area (Å²) in [7, 11) is 0. The van der Waals surface area contributed by atoms with Crippen molar-refractivity contribution in [3.05, 3.63) is 24.3 Å². The Morgan fingerprint density at radius 3 is 2.73 bits per heavy atom. The number of rotatable bonds is 5. The van der Waals surface area contributed by atoms with Gasteiger partial charge < -0.3 is 5.32 Å². The van der Waals surface area contributed by atoms with Gasteiger partial charge in [0.15, 0.2) is 0 Å². The van der Waals surface area contributed by atoms with E-state index in [4.69, 9.17) is 5.26 Å². The zero-order valence-corrected chi connectivity index (χ0v) is 14.0. The number of benzene rings is 1. The summed E-state index contributed by atoms with van der Waals surface area (Å²) in [4.78, 5) is 15.5. The van der Waals surface area contributed by atoms with Crippen molar-refractivity contribution in [2.45, 2.75) is 25.2 Å². The van der Waals surface area contributed by atoms with Gasteiger partial charge in [-0.25, -0.2) is 0 Å². The molecule has 2 rings (SSSR count). The summed E-state index contributed by atoms with van der Waals surface area (Å²) in [5, 5.41) is 11.7. The predicted octanol–water partition coefficient (Wildman–Crippen LogP) is 3.22. The molecule has 0 radical (unpaired) electrons. The summed E-state index contributed by atoms with van der Waals surface area (Å²) < 4.78 is 0. The van der Waals surface area contributed by atoms with Crippen LogP contribution in [0.4, 0.5) is 5.69 Å². The monoisotopic (exact) mass is 317 g/mol. The second-order valence-electron chi connectivity index (χ2n) is 6.13. The average Bonchev–Trinajstić information content (AvgIpc) is 2.45. The molecule has 1 aliphatic heterocycles. The van der Waals surface area contributed by atoms with Crippen LogP contribution in [0.5, 0.6) is 0 Å². The molecule has 5 heteroatoms. The fraction of sp³-hybridized carbons (Fsp3) is 0.529. The Labute approximate surface area is 136 Å². The first-order valence-electron chi connectivity index (χ1n) is 7.69. The topological polar surface area (TPSA) is 56.1 Å². The van der Waals surface area contributed by atoms with Gasteiger partial charge in [0.1, 0.15) is 0 Å². The molecule has 118 valence electrons. The molecule has 0 saturated carbocycles. The predicted molar refractivity (Wildman–Crippen MR) is 90.8 cm³/mol. The number of nitrogens with one attached hydrogen (secondary N) is 1. The molecule has 1 amide bonds. The van der Waals surface area contributed by atoms with E-state index in [-0.39, 0.29) is 5.91 Å². The molecule has 0 spiro atoms. The van der Waals surface area contributed by atoms with E-state index in [2.05, 4.69) is 30.1 Å². The second kappa shape index (κ2) is 8.21. The first-order chi connectivity index (χ1) is 10.6. The molecular weight excluding hydrogens is 294 g/mol. The maximum atomic E-state index is 12.3. The summed E-state index contributed by atoms with van der Waals surface area (Å²) in [5.74, 6) is 1.70. The lowest BCUT2D eigenvalue weighted by atomic mass is 9.92. The highest BCUT2D eigenvalue weighted by molar-refractivity contribution is 7.99. The minimum absolute atomic E-state index is 0.0197. The Morgan fingerprint density at radius 1 is 1.36 bits per heavy atom. The minimum atomic E-state index is 0.0197. The number of hydrogen-bond donors (Lipinski definition) is 1. The van der Waals surface area contributed by atoms with E-state index in [1.165, 1.54) is 18.2 Å². The number of likely N-dealkylation sites (tertiary alicyclic amines) is 1. The van der Waals surface area contributed by atoms with Gasteiger partial charge in [0.05, 0.1) is 24.1 Å². The van der Waals surface area contributed by atoms with Gasteiger partial charge in [-0.3, -0.25) is 9.69 Å². The fourth-order valence-electron chi connectivity index (χ4n) is 3.12. The Morgan fingerprint density at radius 2 is 2.05 bits per heavy atom. The molecule has 0 unspecified atom stereocenters. The standard InChI is InChI=1S/C17H23N3OS/c1-13-9-14(2)11-20(10-13)12-17(21)19-15-5-3-4-6-16(15)22-8-7-18/h3-6,13-14H,8-12H2,1-2H3,(H,19,21)/t13-,14+. The van der Waals surface area contributed by atoms with Gasteiger partial charge in [0.2, 0.25) is 5.91 Å². The molecule has 1 heterocycles. The van der Waals surface area contributed by atoms with Gasteiger partial charge in [-0.2, -0.15) is 5.26 Å². The van der Waals surface area contributed by atoms with Crippen molar-refractivity contribution in [3.8, 4) is 6.07 Å². The van der Waals surface area contributed by atoms with Crippen molar-refractivity contribution < 1.29 is 4.79 Å². The first kappa shape index (κ1) is 16.9. The molecule has 1 N–H and O–H groups in total. The lowest BCUT2D eigenvalue weighted by molar-refractivity contribution is -0.117. The zero-order chi connectivity index (χ0) is 15.9. The van der Waals surface area contributed by atoms with Crippen LogP contribution in [0.25, 0.3) is 0 Å². The van der Waals surface area contributed by atoms with Crippen molar-refractivity contribution in [1.29, 1.82) is 5.26 Å². The van der Waals surface area contributed by atoms with E-state index < -0.39 is 0 Å². The summed E-state index contributed by atoms with van der Waals surface area (Å²) in [6.45, 7) is 6.90. The highest BCUT2D eigenvalue weighted by Crippen LogP contribution is 2.27. The van der Waals surface area contributed by atoms with Gasteiger partial charge >= 0.3 is 0 Å². The summed E-state index contributed by atoms with van der Waals surface area (Å²) in [5.41, 5.74) is 0.797. The van der Waals surface area contributed by atoms with E-state index in [9.17, 15) is 4.79 Å². The van der Waals surface area contributed by atoms with E-state index in [1.54, 1.807) is 0 Å². The lowest BCUT2D eigenvalue weighted by Crippen LogP contribution is -2.42. The third kappa shape index (κ3) is 5.04. The molecule has 0 aliphatic carbocycles. The van der Waals surface area contributed by atoms with Gasteiger partial charge in [-0.1, -0.05) is 26.0 Å². The largest absolute Gasteiger partial charge is 0.324 e. The van der Waals surface area contributed by atoms with E-state index in [0.29, 0.717) is 24.1 Å². The number of nitriles is 1. The number of hydrogen-bond acceptors (Lipinski definition) is 4. The third-order valence-corrected chi connectivity index (χ3v) is 4.71. The van der Waals surface area contributed by atoms with Gasteiger partial charge in [-0.05, 0) is 30.4 Å². The molecular formula is C17H23N3OS. The quantitative estimate of drug-likeness (QED) is 0.847. The van der Waals surface area contributed by atoms with E-state index in [1.807, 2.05) is 24.3 Å². The Bertz CT molecular complexity index is 545. The third-order valence-electron chi connectivity index (χ3n) is 3.77. The number of carbonyl (C=O) groups is 1. The van der Waals surface area contributed by atoms with Crippen LogP contribution >= 0.6 is 11.8 Å². The molecule has 1 fully saturated rings. The normalized spacial score (nSPS) is 22.0. The molecule has 0 bridgehead atoms. The van der Waals surface area contributed by atoms with Crippen LogP contribution in [0.15, 0.2) is 29.2 Å². The van der Waals surface area contributed by atoms with Gasteiger partial charge in [0, 0.05) is 18.0 Å². The fourth-order valence-corrected chi connectivity index (χ4v) is 3.79. The van der Waals surface area contributed by atoms with Crippen LogP contribution in [0.1, 0.15) is 20.3 Å². The van der Waals surface area contributed by atoms with Crippen LogP contribution < -0.4 is 5.32 Å². The van der Waals surface area contributed by atoms with Crippen molar-refractivity contribution in [3.63, 3.8) is 0 Å². The van der Waals surface area contributed by atoms with E-state index in [0.717, 1.165) is 23.7 Å². The first-order valence-corrected chi connectivity index (χ1v) is 8.68. The smallest absolute Gasteiger partial charge is 0.238 e. The number of nitrogens with zero attached hydrogens (tertiary/aromatic N) is 2. The van der Waals surface area contributed by atoms with Crippen LogP contribution in [0.3, 0.4) is 0 Å². The number of anilines is 1. The second-order valence-corrected chi connectivity index (χ2v) is 7.15. The van der Waals surface area contributed by atoms with E-state index >= 15 is 0 Å². The molecule has 1 aromatic rings. The minimum Gasteiger partial charge on any atom is -0.324 e. The summed E-state index contributed by atoms with van der Waals surface area (Å²) in [6.07, 6.45) is 1.24. The summed E-state index contributed by atoms with van der Waals surface area (Å²) >= 11 is 1.45. The molecule has 1 aliphatic rings. The van der Waals surface area contributed by atoms with Gasteiger partial charge in [-0.15, -0.1) is 11.8 Å². The highest BCUT2D eigenvalue weighted by Gasteiger charge is 2.23. The molecule has 1 saturated heterocycles. The van der Waals surface area contributed by atoms with Crippen LogP contribution in [-0.2, 0) is 4.79 Å². The number of para-hydroxylation sites is 1. The Balaban J connectivity index is 1.93. The van der Waals surface area contributed by atoms with Crippen LogP contribution in [-0.4, -0.2) is 36.2 Å². The zero-order valence-electron chi connectivity index (χ0n) is 13.2. The molecule has 0 aromatic heterocycles. The highest BCUT2D eigenvalue weighted by atomic mass is 32.2. The molecule has 2 atom stereocenters. The number of piperidine rings is 1. The molecule has 1 aromatic carbocycles. The maximum Gasteiger partial charge on any atom is 0.238 e. The Kier molecular flexibility index (Phi) is 6.29. The average molecular weight is 317 g/mol. The SMILES string of the molecule is C[C@@H]1C[C@H](C)CN(CC(=O)Nc2ccccc2SCC#N)C1. The van der Waals surface area contributed by atoms with Crippen molar-refractivity contribution in [2.24, 2.45) is 11.8 Å². The number of thioether (sulfide) groups is 1. The van der Waals surface area contributed by atoms with Crippen molar-refractivity contribution in [2.75, 3.05) is 30.7 Å². The molecule has 4 nitrogen and oxygen atoms in total.